The summed E-state index contributed by atoms with van der Waals surface area (Å²) in [5.41, 5.74) is 1.05. The van der Waals surface area contributed by atoms with E-state index in [2.05, 4.69) is 20.0 Å². The molecule has 3 aliphatic heterocycles. The van der Waals surface area contributed by atoms with Gasteiger partial charge in [0, 0.05) is 12.1 Å². The van der Waals surface area contributed by atoms with Crippen molar-refractivity contribution in [3.8, 4) is 5.75 Å². The zero-order chi connectivity index (χ0) is 19.1. The van der Waals surface area contributed by atoms with E-state index < -0.39 is 0 Å². The van der Waals surface area contributed by atoms with Crippen molar-refractivity contribution >= 4 is 6.01 Å². The molecule has 3 saturated heterocycles. The SMILES string of the molecule is COc1cc(F)ccc1C1CCN([C@@H]2COC3(C2)CN(c2nnco2)C3)CC1. The van der Waals surface area contributed by atoms with E-state index in [0.717, 1.165) is 57.6 Å². The van der Waals surface area contributed by atoms with Gasteiger partial charge in [0.1, 0.15) is 17.2 Å². The third-order valence-electron chi connectivity index (χ3n) is 6.45. The number of nitrogens with zero attached hydrogens (tertiary/aromatic N) is 4. The van der Waals surface area contributed by atoms with Crippen LogP contribution in [-0.4, -0.2) is 66.6 Å². The van der Waals surface area contributed by atoms with Gasteiger partial charge in [-0.2, -0.15) is 0 Å². The molecule has 4 heterocycles. The first-order chi connectivity index (χ1) is 13.7. The van der Waals surface area contributed by atoms with Crippen molar-refractivity contribution in [2.45, 2.75) is 36.8 Å². The molecule has 150 valence electrons. The molecule has 0 aliphatic carbocycles. The maximum absolute atomic E-state index is 13.5. The van der Waals surface area contributed by atoms with E-state index >= 15 is 0 Å². The number of likely N-dealkylation sites (tertiary alicyclic amines) is 1. The molecule has 0 bridgehead atoms. The highest BCUT2D eigenvalue weighted by Crippen LogP contribution is 2.41. The number of aromatic nitrogens is 2. The minimum Gasteiger partial charge on any atom is -0.496 e. The summed E-state index contributed by atoms with van der Waals surface area (Å²) in [5, 5.41) is 7.71. The highest BCUT2D eigenvalue weighted by atomic mass is 19.1. The monoisotopic (exact) mass is 388 g/mol. The van der Waals surface area contributed by atoms with Crippen LogP contribution in [0.3, 0.4) is 0 Å². The van der Waals surface area contributed by atoms with Crippen LogP contribution in [0, 0.1) is 5.82 Å². The number of benzene rings is 1. The molecular weight excluding hydrogens is 363 g/mol. The summed E-state index contributed by atoms with van der Waals surface area (Å²) in [6.45, 7) is 4.47. The van der Waals surface area contributed by atoms with Gasteiger partial charge >= 0.3 is 6.01 Å². The molecule has 1 aromatic carbocycles. The molecule has 0 amide bonds. The Morgan fingerprint density at radius 1 is 1.25 bits per heavy atom. The van der Waals surface area contributed by atoms with Gasteiger partial charge in [-0.05, 0) is 49.9 Å². The van der Waals surface area contributed by atoms with Crippen molar-refractivity contribution in [3.63, 3.8) is 0 Å². The lowest BCUT2D eigenvalue weighted by Gasteiger charge is -2.46. The van der Waals surface area contributed by atoms with E-state index in [-0.39, 0.29) is 11.4 Å². The molecule has 1 aromatic heterocycles. The molecule has 1 spiro atoms. The topological polar surface area (TPSA) is 63.9 Å². The normalized spacial score (nSPS) is 25.2. The summed E-state index contributed by atoms with van der Waals surface area (Å²) in [6.07, 6.45) is 4.51. The van der Waals surface area contributed by atoms with E-state index in [4.69, 9.17) is 13.9 Å². The van der Waals surface area contributed by atoms with Gasteiger partial charge in [-0.15, -0.1) is 5.10 Å². The Morgan fingerprint density at radius 3 is 2.79 bits per heavy atom. The smallest absolute Gasteiger partial charge is 0.318 e. The maximum atomic E-state index is 13.5. The van der Waals surface area contributed by atoms with Crippen molar-refractivity contribution < 1.29 is 18.3 Å². The molecule has 7 nitrogen and oxygen atoms in total. The molecule has 1 atom stereocenters. The molecule has 2 aromatic rings. The summed E-state index contributed by atoms with van der Waals surface area (Å²) in [7, 11) is 1.61. The minimum atomic E-state index is -0.249. The number of halogens is 1. The van der Waals surface area contributed by atoms with Crippen LogP contribution in [-0.2, 0) is 4.74 Å². The zero-order valence-electron chi connectivity index (χ0n) is 16.0. The average Bonchev–Trinajstić information content (AvgIpc) is 3.37. The second-order valence-electron chi connectivity index (χ2n) is 8.13. The predicted octanol–water partition coefficient (Wildman–Crippen LogP) is 2.44. The summed E-state index contributed by atoms with van der Waals surface area (Å²) in [4.78, 5) is 4.62. The fraction of sp³-hybridized carbons (Fsp3) is 0.600. The van der Waals surface area contributed by atoms with Crippen molar-refractivity contribution in [1.82, 2.24) is 15.1 Å². The van der Waals surface area contributed by atoms with Crippen molar-refractivity contribution in [3.05, 3.63) is 36.0 Å². The summed E-state index contributed by atoms with van der Waals surface area (Å²) < 4.78 is 30.3. The lowest BCUT2D eigenvalue weighted by atomic mass is 9.86. The van der Waals surface area contributed by atoms with Gasteiger partial charge in [0.15, 0.2) is 0 Å². The number of anilines is 1. The molecule has 0 radical (unpaired) electrons. The van der Waals surface area contributed by atoms with E-state index in [0.29, 0.717) is 23.7 Å². The van der Waals surface area contributed by atoms with Crippen LogP contribution in [0.2, 0.25) is 0 Å². The van der Waals surface area contributed by atoms with Gasteiger partial charge in [0.2, 0.25) is 6.39 Å². The second-order valence-corrected chi connectivity index (χ2v) is 8.13. The van der Waals surface area contributed by atoms with E-state index in [9.17, 15) is 4.39 Å². The molecular formula is C20H25FN4O3. The molecule has 28 heavy (non-hydrogen) atoms. The van der Waals surface area contributed by atoms with Gasteiger partial charge < -0.3 is 18.8 Å². The fourth-order valence-electron chi connectivity index (χ4n) is 4.96. The molecule has 8 heteroatoms. The van der Waals surface area contributed by atoms with Gasteiger partial charge in [-0.25, -0.2) is 4.39 Å². The lowest BCUT2D eigenvalue weighted by molar-refractivity contribution is -0.0216. The van der Waals surface area contributed by atoms with Crippen LogP contribution in [0.15, 0.2) is 29.0 Å². The van der Waals surface area contributed by atoms with Crippen LogP contribution in [0.1, 0.15) is 30.7 Å². The number of ether oxygens (including phenoxy) is 2. The third-order valence-corrected chi connectivity index (χ3v) is 6.45. The third kappa shape index (κ3) is 3.14. The van der Waals surface area contributed by atoms with Crippen molar-refractivity contribution in [1.29, 1.82) is 0 Å². The van der Waals surface area contributed by atoms with Crippen LogP contribution in [0.5, 0.6) is 5.75 Å². The summed E-state index contributed by atoms with van der Waals surface area (Å²) in [6, 6.07) is 5.93. The second kappa shape index (κ2) is 7.00. The standard InChI is InChI=1S/C20H25FN4O3/c1-26-18-8-15(21)2-3-17(18)14-4-6-24(7-5-14)16-9-20(28-10-16)11-25(12-20)19-23-22-13-27-19/h2-3,8,13-14,16H,4-7,9-12H2,1H3/t16-/m0/s1. The zero-order valence-corrected chi connectivity index (χ0v) is 16.0. The van der Waals surface area contributed by atoms with Gasteiger partial charge in [0.25, 0.3) is 0 Å². The molecule has 0 saturated carbocycles. The van der Waals surface area contributed by atoms with Gasteiger partial charge in [-0.1, -0.05) is 11.2 Å². The quantitative estimate of drug-likeness (QED) is 0.797. The molecule has 3 fully saturated rings. The number of rotatable bonds is 4. The Bertz CT molecular complexity index is 817. The van der Waals surface area contributed by atoms with Crippen molar-refractivity contribution in [2.75, 3.05) is 44.8 Å². The average molecular weight is 388 g/mol. The molecule has 0 unspecified atom stereocenters. The Balaban J connectivity index is 1.16. The van der Waals surface area contributed by atoms with Crippen LogP contribution in [0.25, 0.3) is 0 Å². The Hall–Kier alpha value is -2.19. The Morgan fingerprint density at radius 2 is 2.07 bits per heavy atom. The number of hydrogen-bond donors (Lipinski definition) is 0. The number of hydrogen-bond acceptors (Lipinski definition) is 7. The van der Waals surface area contributed by atoms with Gasteiger partial charge in [0.05, 0.1) is 26.8 Å². The predicted molar refractivity (Wildman–Crippen MR) is 100 cm³/mol. The highest BCUT2D eigenvalue weighted by Gasteiger charge is 2.52. The van der Waals surface area contributed by atoms with Crippen LogP contribution < -0.4 is 9.64 Å². The minimum absolute atomic E-state index is 0.0733. The lowest BCUT2D eigenvalue weighted by Crippen LogP contribution is -2.62. The largest absolute Gasteiger partial charge is 0.496 e. The highest BCUT2D eigenvalue weighted by molar-refractivity contribution is 5.37. The van der Waals surface area contributed by atoms with E-state index in [1.807, 2.05) is 6.07 Å². The Labute approximate surface area is 163 Å². The first-order valence-electron chi connectivity index (χ1n) is 9.88. The maximum Gasteiger partial charge on any atom is 0.318 e. The Kier molecular flexibility index (Phi) is 4.47. The fourth-order valence-corrected chi connectivity index (χ4v) is 4.96. The van der Waals surface area contributed by atoms with Gasteiger partial charge in [-0.3, -0.25) is 4.90 Å². The van der Waals surface area contributed by atoms with Crippen LogP contribution >= 0.6 is 0 Å². The molecule has 3 aliphatic rings. The molecule has 5 rings (SSSR count). The number of methoxy groups -OCH3 is 1. The van der Waals surface area contributed by atoms with Crippen molar-refractivity contribution in [2.24, 2.45) is 0 Å². The summed E-state index contributed by atoms with van der Waals surface area (Å²) >= 11 is 0. The van der Waals surface area contributed by atoms with E-state index in [1.165, 1.54) is 18.5 Å². The number of piperidine rings is 1. The summed E-state index contributed by atoms with van der Waals surface area (Å²) in [5.74, 6) is 0.832. The van der Waals surface area contributed by atoms with E-state index in [1.54, 1.807) is 7.11 Å². The first-order valence-corrected chi connectivity index (χ1v) is 9.88. The van der Waals surface area contributed by atoms with Crippen LogP contribution in [0.4, 0.5) is 10.4 Å². The first kappa shape index (κ1) is 17.9. The molecule has 0 N–H and O–H groups in total.